The maximum Gasteiger partial charge on any atom is 0.243 e. The predicted molar refractivity (Wildman–Crippen MR) is 111 cm³/mol. The second-order valence-electron chi connectivity index (χ2n) is 6.82. The largest absolute Gasteiger partial charge is 0.344 e. The van der Waals surface area contributed by atoms with Crippen molar-refractivity contribution in [2.45, 2.75) is 4.90 Å². The Bertz CT molecular complexity index is 1250. The summed E-state index contributed by atoms with van der Waals surface area (Å²) < 4.78 is 41.8. The van der Waals surface area contributed by atoms with Crippen LogP contribution in [0, 0.1) is 5.82 Å². The summed E-state index contributed by atoms with van der Waals surface area (Å²) in [4.78, 5) is 11.7. The number of anilines is 1. The van der Waals surface area contributed by atoms with Crippen molar-refractivity contribution in [1.82, 2.24) is 23.9 Å². The summed E-state index contributed by atoms with van der Waals surface area (Å²) in [6, 6.07) is 8.73. The molecule has 4 heterocycles. The molecule has 30 heavy (non-hydrogen) atoms. The first-order chi connectivity index (χ1) is 14.5. The molecule has 11 heteroatoms. The zero-order valence-corrected chi connectivity index (χ0v) is 17.4. The number of sulfonamides is 1. The van der Waals surface area contributed by atoms with Gasteiger partial charge in [-0.1, -0.05) is 11.3 Å². The summed E-state index contributed by atoms with van der Waals surface area (Å²) in [6.07, 6.45) is 5.34. The molecule has 0 atom stereocenters. The summed E-state index contributed by atoms with van der Waals surface area (Å²) in [7, 11) is -3.63. The van der Waals surface area contributed by atoms with Crippen LogP contribution in [0.3, 0.4) is 0 Å². The summed E-state index contributed by atoms with van der Waals surface area (Å²) in [6.45, 7) is 1.71. The Morgan fingerprint density at radius 2 is 1.80 bits per heavy atom. The molecule has 0 spiro atoms. The predicted octanol–water partition coefficient (Wildman–Crippen LogP) is 2.50. The smallest absolute Gasteiger partial charge is 0.243 e. The molecule has 0 aliphatic carbocycles. The lowest BCUT2D eigenvalue weighted by molar-refractivity contribution is 0.384. The normalized spacial score (nSPS) is 15.7. The van der Waals surface area contributed by atoms with Crippen molar-refractivity contribution in [1.29, 1.82) is 0 Å². The number of piperazine rings is 1. The number of rotatable bonds is 4. The van der Waals surface area contributed by atoms with Crippen LogP contribution >= 0.6 is 11.3 Å². The van der Waals surface area contributed by atoms with Crippen LogP contribution in [0.2, 0.25) is 0 Å². The maximum absolute atomic E-state index is 13.1. The third kappa shape index (κ3) is 3.44. The molecule has 154 valence electrons. The van der Waals surface area contributed by atoms with E-state index in [1.54, 1.807) is 16.9 Å². The number of hydrogen-bond acceptors (Lipinski definition) is 7. The molecule has 0 saturated carbocycles. The van der Waals surface area contributed by atoms with Gasteiger partial charge >= 0.3 is 0 Å². The number of pyridine rings is 1. The van der Waals surface area contributed by atoms with Crippen molar-refractivity contribution in [3.8, 4) is 11.3 Å². The Morgan fingerprint density at radius 3 is 2.47 bits per heavy atom. The van der Waals surface area contributed by atoms with E-state index >= 15 is 0 Å². The molecular formula is C19H17FN6O2S2. The van der Waals surface area contributed by atoms with Crippen LogP contribution in [0.4, 0.5) is 9.52 Å². The lowest BCUT2D eigenvalue weighted by Gasteiger charge is -2.33. The van der Waals surface area contributed by atoms with E-state index in [1.807, 2.05) is 18.3 Å². The molecule has 0 N–H and O–H groups in total. The fourth-order valence-corrected chi connectivity index (χ4v) is 5.70. The zero-order chi connectivity index (χ0) is 20.7. The molecule has 1 aromatic carbocycles. The van der Waals surface area contributed by atoms with E-state index in [2.05, 4.69) is 20.0 Å². The Hall–Kier alpha value is -2.89. The number of fused-ring (bicyclic) bond motifs is 1. The molecular weight excluding hydrogens is 427 g/mol. The molecule has 0 radical (unpaired) electrons. The third-order valence-electron chi connectivity index (χ3n) is 4.95. The minimum Gasteiger partial charge on any atom is -0.344 e. The molecule has 4 aromatic rings. The van der Waals surface area contributed by atoms with E-state index < -0.39 is 15.8 Å². The molecule has 1 aliphatic rings. The number of aromatic nitrogens is 4. The SMILES string of the molecule is O=S(=O)(c1ccc(F)cc1)N1CCN(c2nn3cc(-c4cccnc4)nc3s2)CC1. The van der Waals surface area contributed by atoms with Crippen LogP contribution in [-0.2, 0) is 10.0 Å². The van der Waals surface area contributed by atoms with Gasteiger partial charge in [0.05, 0.1) is 16.8 Å². The highest BCUT2D eigenvalue weighted by Gasteiger charge is 2.29. The van der Waals surface area contributed by atoms with Crippen molar-refractivity contribution in [2.24, 2.45) is 0 Å². The van der Waals surface area contributed by atoms with Crippen LogP contribution in [0.15, 0.2) is 59.9 Å². The molecule has 3 aromatic heterocycles. The van der Waals surface area contributed by atoms with Crippen molar-refractivity contribution in [3.05, 3.63) is 60.8 Å². The quantitative estimate of drug-likeness (QED) is 0.481. The number of nitrogens with zero attached hydrogens (tertiary/aromatic N) is 6. The number of imidazole rings is 1. The van der Waals surface area contributed by atoms with E-state index in [9.17, 15) is 12.8 Å². The van der Waals surface area contributed by atoms with Gasteiger partial charge in [0, 0.05) is 44.1 Å². The Kier molecular flexibility index (Phi) is 4.72. The molecule has 5 rings (SSSR count). The van der Waals surface area contributed by atoms with Crippen LogP contribution < -0.4 is 4.90 Å². The molecule has 1 saturated heterocycles. The van der Waals surface area contributed by atoms with Gasteiger partial charge < -0.3 is 4.90 Å². The van der Waals surface area contributed by atoms with Crippen LogP contribution in [0.25, 0.3) is 16.2 Å². The lowest BCUT2D eigenvalue weighted by atomic mass is 10.2. The van der Waals surface area contributed by atoms with Crippen LogP contribution in [0.1, 0.15) is 0 Å². The van der Waals surface area contributed by atoms with Gasteiger partial charge in [0.15, 0.2) is 0 Å². The fourth-order valence-electron chi connectivity index (χ4n) is 3.35. The minimum atomic E-state index is -3.63. The molecule has 0 bridgehead atoms. The highest BCUT2D eigenvalue weighted by Crippen LogP contribution is 2.28. The number of benzene rings is 1. The van der Waals surface area contributed by atoms with Gasteiger partial charge in [-0.2, -0.15) is 4.31 Å². The van der Waals surface area contributed by atoms with E-state index in [0.717, 1.165) is 33.5 Å². The second kappa shape index (κ2) is 7.42. The molecule has 8 nitrogen and oxygen atoms in total. The summed E-state index contributed by atoms with van der Waals surface area (Å²) >= 11 is 1.46. The summed E-state index contributed by atoms with van der Waals surface area (Å²) in [5.41, 5.74) is 1.74. The molecule has 1 aliphatic heterocycles. The third-order valence-corrected chi connectivity index (χ3v) is 7.85. The highest BCUT2D eigenvalue weighted by atomic mass is 32.2. The first kappa shape index (κ1) is 19.1. The highest BCUT2D eigenvalue weighted by molar-refractivity contribution is 7.89. The standard InChI is InChI=1S/C19H17FN6O2S2/c20-15-3-5-16(6-4-15)30(27,28)25-10-8-24(9-11-25)19-23-26-13-17(22-18(26)29-19)14-2-1-7-21-12-14/h1-7,12-13H,8-11H2. The monoisotopic (exact) mass is 444 g/mol. The lowest BCUT2D eigenvalue weighted by Crippen LogP contribution is -2.48. The van der Waals surface area contributed by atoms with Crippen LogP contribution in [0.5, 0.6) is 0 Å². The first-order valence-electron chi connectivity index (χ1n) is 9.28. The first-order valence-corrected chi connectivity index (χ1v) is 11.5. The van der Waals surface area contributed by atoms with E-state index in [0.29, 0.717) is 26.2 Å². The van der Waals surface area contributed by atoms with Crippen molar-refractivity contribution in [2.75, 3.05) is 31.1 Å². The van der Waals surface area contributed by atoms with Crippen LogP contribution in [-0.4, -0.2) is 58.5 Å². The average molecular weight is 445 g/mol. The van der Waals surface area contributed by atoms with E-state index in [-0.39, 0.29) is 4.90 Å². The summed E-state index contributed by atoms with van der Waals surface area (Å²) in [5, 5.41) is 5.41. The van der Waals surface area contributed by atoms with Gasteiger partial charge in [0.1, 0.15) is 5.82 Å². The average Bonchev–Trinajstić information content (AvgIpc) is 3.34. The summed E-state index contributed by atoms with van der Waals surface area (Å²) in [5.74, 6) is -0.459. The maximum atomic E-state index is 13.1. The van der Waals surface area contributed by atoms with E-state index in [4.69, 9.17) is 0 Å². The molecule has 0 unspecified atom stereocenters. The van der Waals surface area contributed by atoms with Crippen molar-refractivity contribution < 1.29 is 12.8 Å². The Balaban J connectivity index is 1.30. The number of hydrogen-bond donors (Lipinski definition) is 0. The number of halogens is 1. The van der Waals surface area contributed by atoms with Gasteiger partial charge in [-0.05, 0) is 36.4 Å². The molecule has 1 fully saturated rings. The van der Waals surface area contributed by atoms with Gasteiger partial charge in [0.2, 0.25) is 20.1 Å². The topological polar surface area (TPSA) is 83.7 Å². The van der Waals surface area contributed by atoms with Gasteiger partial charge in [0.25, 0.3) is 0 Å². The van der Waals surface area contributed by atoms with E-state index in [1.165, 1.54) is 27.8 Å². The zero-order valence-electron chi connectivity index (χ0n) is 15.7. The minimum absolute atomic E-state index is 0.105. The fraction of sp³-hybridized carbons (Fsp3) is 0.211. The Labute approximate surface area is 176 Å². The van der Waals surface area contributed by atoms with Gasteiger partial charge in [-0.25, -0.2) is 22.3 Å². The Morgan fingerprint density at radius 1 is 1.03 bits per heavy atom. The van der Waals surface area contributed by atoms with Gasteiger partial charge in [-0.15, -0.1) is 5.10 Å². The van der Waals surface area contributed by atoms with Crippen molar-refractivity contribution >= 4 is 31.5 Å². The molecule has 0 amide bonds. The van der Waals surface area contributed by atoms with Gasteiger partial charge in [-0.3, -0.25) is 4.98 Å². The van der Waals surface area contributed by atoms with Crippen molar-refractivity contribution in [3.63, 3.8) is 0 Å². The second-order valence-corrected chi connectivity index (χ2v) is 9.70.